The van der Waals surface area contributed by atoms with Crippen molar-refractivity contribution < 1.29 is 9.18 Å². The first-order valence-electron chi connectivity index (χ1n) is 5.93. The highest BCUT2D eigenvalue weighted by Gasteiger charge is 2.28. The normalized spacial score (nSPS) is 23.1. The van der Waals surface area contributed by atoms with Crippen molar-refractivity contribution in [2.45, 2.75) is 25.3 Å². The molecule has 1 aliphatic carbocycles. The summed E-state index contributed by atoms with van der Waals surface area (Å²) in [6, 6.07) is 4.09. The maximum absolute atomic E-state index is 13.0. The van der Waals surface area contributed by atoms with Gasteiger partial charge in [0.05, 0.1) is 5.02 Å². The number of rotatable bonds is 3. The first-order chi connectivity index (χ1) is 8.61. The lowest BCUT2D eigenvalue weighted by atomic mass is 10.1. The fourth-order valence-corrected chi connectivity index (χ4v) is 2.85. The summed E-state index contributed by atoms with van der Waals surface area (Å²) in [4.78, 5) is 12.0. The van der Waals surface area contributed by atoms with Crippen LogP contribution in [0.4, 0.5) is 4.39 Å². The first kappa shape index (κ1) is 13.6. The van der Waals surface area contributed by atoms with Crippen LogP contribution >= 0.6 is 23.2 Å². The summed E-state index contributed by atoms with van der Waals surface area (Å²) < 4.78 is 13.0. The van der Waals surface area contributed by atoms with Crippen LogP contribution in [0.2, 0.25) is 5.02 Å². The molecule has 0 spiro atoms. The molecule has 0 heterocycles. The second-order valence-corrected chi connectivity index (χ2v) is 5.27. The van der Waals surface area contributed by atoms with Gasteiger partial charge in [-0.25, -0.2) is 4.39 Å². The molecule has 1 amide bonds. The summed E-state index contributed by atoms with van der Waals surface area (Å²) in [5.41, 5.74) is 0.377. The van der Waals surface area contributed by atoms with E-state index in [-0.39, 0.29) is 17.0 Å². The van der Waals surface area contributed by atoms with Crippen LogP contribution in [0.3, 0.4) is 0 Å². The molecule has 1 N–H and O–H groups in total. The highest BCUT2D eigenvalue weighted by atomic mass is 35.5. The molecule has 1 fully saturated rings. The zero-order valence-corrected chi connectivity index (χ0v) is 11.3. The number of benzene rings is 1. The van der Waals surface area contributed by atoms with Crippen LogP contribution in [0.5, 0.6) is 0 Å². The van der Waals surface area contributed by atoms with Gasteiger partial charge in [0.25, 0.3) is 5.91 Å². The average Bonchev–Trinajstić information content (AvgIpc) is 2.79. The van der Waals surface area contributed by atoms with Crippen molar-refractivity contribution in [3.63, 3.8) is 0 Å². The summed E-state index contributed by atoms with van der Waals surface area (Å²) in [6.45, 7) is 0. The van der Waals surface area contributed by atoms with E-state index in [4.69, 9.17) is 23.2 Å². The third kappa shape index (κ3) is 2.96. The van der Waals surface area contributed by atoms with Crippen molar-refractivity contribution in [2.24, 2.45) is 5.92 Å². The number of carbonyl (C=O) groups is 1. The summed E-state index contributed by atoms with van der Waals surface area (Å²) >= 11 is 11.5. The number of carbonyl (C=O) groups excluding carboxylic acids is 1. The Balaban J connectivity index is 2.05. The van der Waals surface area contributed by atoms with Crippen molar-refractivity contribution >= 4 is 29.1 Å². The Bertz CT molecular complexity index is 453. The van der Waals surface area contributed by atoms with Crippen LogP contribution in [0.15, 0.2) is 18.2 Å². The highest BCUT2D eigenvalue weighted by molar-refractivity contribution is 6.31. The fourth-order valence-electron chi connectivity index (χ4n) is 2.30. The monoisotopic (exact) mass is 289 g/mol. The van der Waals surface area contributed by atoms with Gasteiger partial charge in [0.15, 0.2) is 0 Å². The van der Waals surface area contributed by atoms with Crippen LogP contribution in [-0.2, 0) is 0 Å². The number of nitrogens with one attached hydrogen (secondary N) is 1. The zero-order valence-electron chi connectivity index (χ0n) is 9.76. The third-order valence-corrected chi connectivity index (χ3v) is 4.04. The van der Waals surface area contributed by atoms with Gasteiger partial charge in [-0.2, -0.15) is 0 Å². The molecular weight excluding hydrogens is 276 g/mol. The summed E-state index contributed by atoms with van der Waals surface area (Å²) in [5, 5.41) is 2.90. The summed E-state index contributed by atoms with van der Waals surface area (Å²) in [7, 11) is 0. The van der Waals surface area contributed by atoms with E-state index in [0.717, 1.165) is 19.3 Å². The van der Waals surface area contributed by atoms with Crippen molar-refractivity contribution in [1.82, 2.24) is 5.32 Å². The maximum atomic E-state index is 13.0. The van der Waals surface area contributed by atoms with Gasteiger partial charge in [0, 0.05) is 17.5 Å². The Morgan fingerprint density at radius 3 is 2.89 bits per heavy atom. The molecule has 2 atom stereocenters. The quantitative estimate of drug-likeness (QED) is 0.846. The van der Waals surface area contributed by atoms with E-state index in [9.17, 15) is 9.18 Å². The molecule has 1 aromatic rings. The number of alkyl halides is 1. The Morgan fingerprint density at radius 2 is 2.22 bits per heavy atom. The van der Waals surface area contributed by atoms with Crippen LogP contribution < -0.4 is 5.32 Å². The molecular formula is C13H14Cl2FNO. The molecule has 18 heavy (non-hydrogen) atoms. The fraction of sp³-hybridized carbons (Fsp3) is 0.462. The SMILES string of the molecule is O=C(NC1CCCC1CCl)c1ccc(F)c(Cl)c1. The zero-order chi connectivity index (χ0) is 13.1. The average molecular weight is 290 g/mol. The van der Waals surface area contributed by atoms with Gasteiger partial charge in [-0.3, -0.25) is 4.79 Å². The van der Waals surface area contributed by atoms with E-state index < -0.39 is 5.82 Å². The van der Waals surface area contributed by atoms with Gasteiger partial charge in [0.2, 0.25) is 0 Å². The number of hydrogen-bond donors (Lipinski definition) is 1. The second kappa shape index (κ2) is 5.89. The third-order valence-electron chi connectivity index (χ3n) is 3.36. The second-order valence-electron chi connectivity index (χ2n) is 4.55. The van der Waals surface area contributed by atoms with E-state index in [0.29, 0.717) is 17.4 Å². The molecule has 0 radical (unpaired) electrons. The van der Waals surface area contributed by atoms with E-state index in [1.807, 2.05) is 0 Å². The Hall–Kier alpha value is -0.800. The molecule has 1 aromatic carbocycles. The summed E-state index contributed by atoms with van der Waals surface area (Å²) in [6.07, 6.45) is 3.06. The minimum Gasteiger partial charge on any atom is -0.349 e. The molecule has 0 bridgehead atoms. The molecule has 1 saturated carbocycles. The first-order valence-corrected chi connectivity index (χ1v) is 6.85. The minimum atomic E-state index is -0.521. The molecule has 2 unspecified atom stereocenters. The van der Waals surface area contributed by atoms with Crippen molar-refractivity contribution in [2.75, 3.05) is 5.88 Å². The Morgan fingerprint density at radius 1 is 1.44 bits per heavy atom. The van der Waals surface area contributed by atoms with Crippen LogP contribution in [0.25, 0.3) is 0 Å². The van der Waals surface area contributed by atoms with Gasteiger partial charge in [-0.1, -0.05) is 18.0 Å². The highest BCUT2D eigenvalue weighted by Crippen LogP contribution is 2.27. The largest absolute Gasteiger partial charge is 0.349 e. The van der Waals surface area contributed by atoms with Crippen molar-refractivity contribution in [1.29, 1.82) is 0 Å². The van der Waals surface area contributed by atoms with Crippen LogP contribution in [0, 0.1) is 11.7 Å². The maximum Gasteiger partial charge on any atom is 0.251 e. The lowest BCUT2D eigenvalue weighted by Gasteiger charge is -2.18. The standard InChI is InChI=1S/C13H14Cl2FNO/c14-7-9-2-1-3-12(9)17-13(18)8-4-5-11(16)10(15)6-8/h4-6,9,12H,1-3,7H2,(H,17,18). The Labute approximate surface area is 115 Å². The van der Waals surface area contributed by atoms with Gasteiger partial charge < -0.3 is 5.32 Å². The van der Waals surface area contributed by atoms with E-state index >= 15 is 0 Å². The van der Waals surface area contributed by atoms with Gasteiger partial charge in [-0.05, 0) is 37.0 Å². The lowest BCUT2D eigenvalue weighted by molar-refractivity contribution is 0.0930. The molecule has 0 saturated heterocycles. The molecule has 0 aliphatic heterocycles. The topological polar surface area (TPSA) is 29.1 Å². The molecule has 0 aromatic heterocycles. The summed E-state index contributed by atoms with van der Waals surface area (Å²) in [5.74, 6) is 0.132. The smallest absolute Gasteiger partial charge is 0.251 e. The predicted octanol–water partition coefficient (Wildman–Crippen LogP) is 3.62. The van der Waals surface area contributed by atoms with Gasteiger partial charge in [0.1, 0.15) is 5.82 Å². The van der Waals surface area contributed by atoms with Crippen LogP contribution in [-0.4, -0.2) is 17.8 Å². The van der Waals surface area contributed by atoms with Gasteiger partial charge in [-0.15, -0.1) is 11.6 Å². The number of halogens is 3. The van der Waals surface area contributed by atoms with E-state index in [1.54, 1.807) is 0 Å². The molecule has 1 aliphatic rings. The van der Waals surface area contributed by atoms with E-state index in [1.165, 1.54) is 18.2 Å². The molecule has 2 rings (SSSR count). The molecule has 5 heteroatoms. The lowest BCUT2D eigenvalue weighted by Crippen LogP contribution is -2.37. The molecule has 98 valence electrons. The van der Waals surface area contributed by atoms with Crippen molar-refractivity contribution in [3.05, 3.63) is 34.6 Å². The number of hydrogen-bond acceptors (Lipinski definition) is 1. The molecule has 2 nitrogen and oxygen atoms in total. The number of amides is 1. The predicted molar refractivity (Wildman–Crippen MR) is 70.7 cm³/mol. The Kier molecular flexibility index (Phi) is 4.46. The minimum absolute atomic E-state index is 0.0389. The van der Waals surface area contributed by atoms with Crippen LogP contribution in [0.1, 0.15) is 29.6 Å². The van der Waals surface area contributed by atoms with Crippen molar-refractivity contribution in [3.8, 4) is 0 Å². The van der Waals surface area contributed by atoms with Gasteiger partial charge >= 0.3 is 0 Å². The van der Waals surface area contributed by atoms with E-state index in [2.05, 4.69) is 5.32 Å².